The van der Waals surface area contributed by atoms with Gasteiger partial charge in [0.2, 0.25) is 0 Å². The molecule has 110 valence electrons. The van der Waals surface area contributed by atoms with E-state index in [-0.39, 0.29) is 0 Å². The molecule has 1 aliphatic carbocycles. The number of nitrogens with zero attached hydrogens (tertiary/aromatic N) is 2. The molecule has 1 aliphatic heterocycles. The van der Waals surface area contributed by atoms with Crippen LogP contribution in [0.5, 0.6) is 0 Å². The maximum Gasteiger partial charge on any atom is 0.347 e. The quantitative estimate of drug-likeness (QED) is 0.926. The van der Waals surface area contributed by atoms with Gasteiger partial charge in [0, 0.05) is 19.0 Å². The van der Waals surface area contributed by atoms with Crippen molar-refractivity contribution in [2.45, 2.75) is 45.6 Å². The highest BCUT2D eigenvalue weighted by atomic mass is 32.1. The van der Waals surface area contributed by atoms with Crippen LogP contribution in [0.1, 0.15) is 59.4 Å². The van der Waals surface area contributed by atoms with Gasteiger partial charge in [-0.15, -0.1) is 11.3 Å². The molecule has 1 saturated carbocycles. The Bertz CT molecular complexity index is 500. The fourth-order valence-electron chi connectivity index (χ4n) is 3.34. The Morgan fingerprint density at radius 1 is 1.35 bits per heavy atom. The molecule has 0 aromatic carbocycles. The number of carboxylic acids is 1. The molecule has 4 nitrogen and oxygen atoms in total. The van der Waals surface area contributed by atoms with Crippen molar-refractivity contribution in [3.8, 4) is 0 Å². The van der Waals surface area contributed by atoms with Crippen molar-refractivity contribution in [1.82, 2.24) is 9.88 Å². The highest BCUT2D eigenvalue weighted by Gasteiger charge is 2.32. The lowest BCUT2D eigenvalue weighted by molar-refractivity contribution is 0.0700. The van der Waals surface area contributed by atoms with Crippen molar-refractivity contribution < 1.29 is 9.90 Å². The van der Waals surface area contributed by atoms with E-state index in [4.69, 9.17) is 0 Å². The number of carbonyl (C=O) groups is 1. The lowest BCUT2D eigenvalue weighted by Crippen LogP contribution is -2.38. The number of piperidine rings is 1. The van der Waals surface area contributed by atoms with Gasteiger partial charge in [0.25, 0.3) is 0 Å². The molecule has 2 aliphatic rings. The molecule has 2 unspecified atom stereocenters. The molecule has 1 aromatic rings. The van der Waals surface area contributed by atoms with Crippen molar-refractivity contribution in [2.75, 3.05) is 13.1 Å². The zero-order valence-electron chi connectivity index (χ0n) is 12.1. The molecular weight excluding hydrogens is 272 g/mol. The molecule has 20 heavy (non-hydrogen) atoms. The number of likely N-dealkylation sites (tertiary alicyclic amines) is 1. The molecule has 0 radical (unpaired) electrons. The monoisotopic (exact) mass is 294 g/mol. The van der Waals surface area contributed by atoms with Gasteiger partial charge in [0.15, 0.2) is 0 Å². The molecular formula is C15H22N2O2S. The van der Waals surface area contributed by atoms with Crippen LogP contribution in [0.25, 0.3) is 0 Å². The van der Waals surface area contributed by atoms with Gasteiger partial charge in [0.05, 0.1) is 12.2 Å². The van der Waals surface area contributed by atoms with E-state index >= 15 is 0 Å². The molecule has 1 N–H and O–H groups in total. The first-order chi connectivity index (χ1) is 9.52. The van der Waals surface area contributed by atoms with Gasteiger partial charge in [-0.2, -0.15) is 0 Å². The van der Waals surface area contributed by atoms with Crippen molar-refractivity contribution in [2.24, 2.45) is 11.8 Å². The average molecular weight is 294 g/mol. The van der Waals surface area contributed by atoms with E-state index in [2.05, 4.69) is 23.7 Å². The predicted molar refractivity (Wildman–Crippen MR) is 79.3 cm³/mol. The van der Waals surface area contributed by atoms with Gasteiger partial charge >= 0.3 is 5.97 Å². The number of aromatic carboxylic acids is 1. The standard InChI is InChI=1S/C15H22N2O2S/c1-9-5-10(2)7-17(6-9)8-12-16-13(11-3-4-11)14(20-12)15(18)19/h9-11H,3-8H2,1-2H3,(H,18,19). The normalized spacial score (nSPS) is 27.7. The van der Waals surface area contributed by atoms with Crippen LogP contribution in [-0.2, 0) is 6.54 Å². The first kappa shape index (κ1) is 14.0. The third kappa shape index (κ3) is 3.04. The predicted octanol–water partition coefficient (Wildman–Crippen LogP) is 3.20. The number of hydrogen-bond acceptors (Lipinski definition) is 4. The van der Waals surface area contributed by atoms with E-state index < -0.39 is 5.97 Å². The first-order valence-corrected chi connectivity index (χ1v) is 8.29. The second-order valence-corrected chi connectivity index (χ2v) is 7.63. The van der Waals surface area contributed by atoms with E-state index in [1.165, 1.54) is 17.8 Å². The molecule has 0 amide bonds. The second kappa shape index (κ2) is 5.45. The molecule has 1 saturated heterocycles. The maximum atomic E-state index is 11.3. The third-order valence-electron chi connectivity index (χ3n) is 4.16. The number of rotatable bonds is 4. The van der Waals surface area contributed by atoms with Crippen LogP contribution in [-0.4, -0.2) is 34.0 Å². The Morgan fingerprint density at radius 2 is 2.00 bits per heavy atom. The van der Waals surface area contributed by atoms with Crippen LogP contribution in [0.4, 0.5) is 0 Å². The summed E-state index contributed by atoms with van der Waals surface area (Å²) in [5.74, 6) is 1.04. The summed E-state index contributed by atoms with van der Waals surface area (Å²) in [6.45, 7) is 7.61. The minimum absolute atomic E-state index is 0.408. The Morgan fingerprint density at radius 3 is 2.55 bits per heavy atom. The summed E-state index contributed by atoms with van der Waals surface area (Å²) < 4.78 is 0. The number of thiazole rings is 1. The van der Waals surface area contributed by atoms with Gasteiger partial charge in [-0.05, 0) is 31.1 Å². The zero-order valence-corrected chi connectivity index (χ0v) is 12.9. The number of hydrogen-bond donors (Lipinski definition) is 1. The summed E-state index contributed by atoms with van der Waals surface area (Å²) in [6, 6.07) is 0. The second-order valence-electron chi connectivity index (χ2n) is 6.54. The summed E-state index contributed by atoms with van der Waals surface area (Å²) >= 11 is 1.38. The van der Waals surface area contributed by atoms with E-state index in [9.17, 15) is 9.90 Å². The molecule has 2 fully saturated rings. The van der Waals surface area contributed by atoms with Gasteiger partial charge in [-0.1, -0.05) is 13.8 Å². The van der Waals surface area contributed by atoms with Crippen LogP contribution in [0, 0.1) is 11.8 Å². The van der Waals surface area contributed by atoms with Gasteiger partial charge < -0.3 is 5.11 Å². The Balaban J connectivity index is 1.74. The molecule has 1 aromatic heterocycles. The lowest BCUT2D eigenvalue weighted by atomic mass is 9.92. The molecule has 3 rings (SSSR count). The smallest absolute Gasteiger partial charge is 0.347 e. The van der Waals surface area contributed by atoms with Crippen molar-refractivity contribution in [3.63, 3.8) is 0 Å². The molecule has 2 heterocycles. The largest absolute Gasteiger partial charge is 0.477 e. The van der Waals surface area contributed by atoms with Crippen molar-refractivity contribution >= 4 is 17.3 Å². The summed E-state index contributed by atoms with van der Waals surface area (Å²) in [5.41, 5.74) is 0.843. The van der Waals surface area contributed by atoms with Crippen molar-refractivity contribution in [1.29, 1.82) is 0 Å². The minimum atomic E-state index is -0.809. The molecule has 2 atom stereocenters. The van der Waals surface area contributed by atoms with Gasteiger partial charge in [0.1, 0.15) is 9.88 Å². The minimum Gasteiger partial charge on any atom is -0.477 e. The Kier molecular flexibility index (Phi) is 3.82. The van der Waals surface area contributed by atoms with Crippen LogP contribution in [0.2, 0.25) is 0 Å². The van der Waals surface area contributed by atoms with E-state index in [1.807, 2.05) is 0 Å². The highest BCUT2D eigenvalue weighted by Crippen LogP contribution is 2.42. The summed E-state index contributed by atoms with van der Waals surface area (Å²) in [5, 5.41) is 10.3. The van der Waals surface area contributed by atoms with Crippen LogP contribution in [0.3, 0.4) is 0 Å². The highest BCUT2D eigenvalue weighted by molar-refractivity contribution is 7.13. The van der Waals surface area contributed by atoms with Crippen molar-refractivity contribution in [3.05, 3.63) is 15.6 Å². The fraction of sp³-hybridized carbons (Fsp3) is 0.733. The summed E-state index contributed by atoms with van der Waals surface area (Å²) in [4.78, 5) is 18.9. The van der Waals surface area contributed by atoms with Crippen LogP contribution < -0.4 is 0 Å². The third-order valence-corrected chi connectivity index (χ3v) is 5.20. The first-order valence-electron chi connectivity index (χ1n) is 7.48. The molecule has 0 spiro atoms. The Hall–Kier alpha value is -0.940. The molecule has 0 bridgehead atoms. The van der Waals surface area contributed by atoms with E-state index in [1.54, 1.807) is 0 Å². The van der Waals surface area contributed by atoms with Gasteiger partial charge in [-0.3, -0.25) is 4.90 Å². The summed E-state index contributed by atoms with van der Waals surface area (Å²) in [7, 11) is 0. The van der Waals surface area contributed by atoms with Crippen LogP contribution in [0.15, 0.2) is 0 Å². The fourth-order valence-corrected chi connectivity index (χ4v) is 4.38. The van der Waals surface area contributed by atoms with Crippen LogP contribution >= 0.6 is 11.3 Å². The topological polar surface area (TPSA) is 53.4 Å². The Labute approximate surface area is 123 Å². The SMILES string of the molecule is CC1CC(C)CN(Cc2nc(C3CC3)c(C(=O)O)s2)C1. The zero-order chi connectivity index (χ0) is 14.3. The van der Waals surface area contributed by atoms with Gasteiger partial charge in [-0.25, -0.2) is 9.78 Å². The number of aromatic nitrogens is 1. The summed E-state index contributed by atoms with van der Waals surface area (Å²) in [6.07, 6.45) is 3.49. The van der Waals surface area contributed by atoms with E-state index in [0.29, 0.717) is 10.8 Å². The maximum absolute atomic E-state index is 11.3. The number of carboxylic acid groups (broad SMARTS) is 1. The molecule has 5 heteroatoms. The lowest BCUT2D eigenvalue weighted by Gasteiger charge is -2.34. The average Bonchev–Trinajstić information content (AvgIpc) is 3.09. The van der Waals surface area contributed by atoms with E-state index in [0.717, 1.165) is 55.0 Å².